The molecule has 0 aliphatic heterocycles. The Morgan fingerprint density at radius 1 is 1.64 bits per heavy atom. The van der Waals surface area contributed by atoms with Crippen molar-refractivity contribution in [3.63, 3.8) is 0 Å². The first-order valence-corrected chi connectivity index (χ1v) is 6.88. The molecule has 1 saturated carbocycles. The van der Waals surface area contributed by atoms with Crippen molar-refractivity contribution in [1.82, 2.24) is 4.57 Å². The lowest BCUT2D eigenvalue weighted by atomic mass is 9.70. The molecule has 0 aromatic carbocycles. The van der Waals surface area contributed by atoms with E-state index in [9.17, 15) is 4.79 Å². The van der Waals surface area contributed by atoms with Gasteiger partial charge in [0.05, 0.1) is 0 Å². The van der Waals surface area contributed by atoms with Gasteiger partial charge in [0.2, 0.25) is 0 Å². The first kappa shape index (κ1) is 10.4. The van der Waals surface area contributed by atoms with Crippen molar-refractivity contribution in [2.75, 3.05) is 5.33 Å². The second kappa shape index (κ2) is 3.81. The van der Waals surface area contributed by atoms with E-state index in [2.05, 4.69) is 15.9 Å². The minimum absolute atomic E-state index is 0.190. The second-order valence-corrected chi connectivity index (χ2v) is 5.60. The minimum Gasteiger partial charge on any atom is -0.303 e. The average molecular weight is 276 g/mol. The molecule has 1 fully saturated rings. The Morgan fingerprint density at radius 3 is 2.71 bits per heavy atom. The maximum Gasteiger partial charge on any atom is 0.307 e. The third-order valence-corrected chi connectivity index (χ3v) is 5.24. The van der Waals surface area contributed by atoms with E-state index < -0.39 is 0 Å². The molecule has 1 aliphatic carbocycles. The molecule has 4 heteroatoms. The van der Waals surface area contributed by atoms with E-state index in [1.54, 1.807) is 0 Å². The monoisotopic (exact) mass is 275 g/mol. The second-order valence-electron chi connectivity index (χ2n) is 4.22. The number of aryl methyl sites for hydroxylation is 1. The van der Waals surface area contributed by atoms with Crippen LogP contribution in [0.4, 0.5) is 0 Å². The standard InChI is InChI=1S/C10H14BrNOS/c1-8-5-14-9(13)12(8)7-10(6-11)3-2-4-10/h5H,2-4,6-7H2,1H3. The Morgan fingerprint density at radius 2 is 2.36 bits per heavy atom. The summed E-state index contributed by atoms with van der Waals surface area (Å²) in [6.45, 7) is 2.91. The molecule has 0 spiro atoms. The average Bonchev–Trinajstić information content (AvgIpc) is 2.41. The molecule has 2 nitrogen and oxygen atoms in total. The van der Waals surface area contributed by atoms with Crippen LogP contribution >= 0.6 is 27.3 Å². The third kappa shape index (κ3) is 1.70. The molecule has 0 N–H and O–H groups in total. The Bertz CT molecular complexity index is 372. The number of hydrogen-bond acceptors (Lipinski definition) is 2. The molecule has 0 radical (unpaired) electrons. The van der Waals surface area contributed by atoms with Crippen LogP contribution in [0.15, 0.2) is 10.2 Å². The largest absolute Gasteiger partial charge is 0.307 e. The fraction of sp³-hybridized carbons (Fsp3) is 0.700. The first-order valence-electron chi connectivity index (χ1n) is 4.88. The molecule has 0 bridgehead atoms. The molecule has 1 aromatic rings. The van der Waals surface area contributed by atoms with Gasteiger partial charge >= 0.3 is 4.87 Å². The van der Waals surface area contributed by atoms with Gasteiger partial charge in [-0.05, 0) is 25.2 Å². The molecule has 0 saturated heterocycles. The van der Waals surface area contributed by atoms with Crippen LogP contribution in [-0.2, 0) is 6.54 Å². The van der Waals surface area contributed by atoms with Crippen LogP contribution in [0, 0.1) is 12.3 Å². The third-order valence-electron chi connectivity index (χ3n) is 3.17. The van der Waals surface area contributed by atoms with Gasteiger partial charge in [0.25, 0.3) is 0 Å². The number of nitrogens with zero attached hydrogens (tertiary/aromatic N) is 1. The number of rotatable bonds is 3. The van der Waals surface area contributed by atoms with E-state index in [0.29, 0.717) is 5.41 Å². The zero-order valence-electron chi connectivity index (χ0n) is 8.25. The number of thiazole rings is 1. The molecule has 0 amide bonds. The van der Waals surface area contributed by atoms with Crippen molar-refractivity contribution in [3.05, 3.63) is 20.7 Å². The SMILES string of the molecule is Cc1csc(=O)n1CC1(CBr)CCC1. The van der Waals surface area contributed by atoms with E-state index in [1.165, 1.54) is 30.6 Å². The van der Waals surface area contributed by atoms with Gasteiger partial charge in [-0.3, -0.25) is 4.79 Å². The van der Waals surface area contributed by atoms with Crippen molar-refractivity contribution in [2.45, 2.75) is 32.7 Å². The maximum absolute atomic E-state index is 11.5. The van der Waals surface area contributed by atoms with Crippen molar-refractivity contribution in [3.8, 4) is 0 Å². The molecule has 1 heterocycles. The molecule has 0 unspecified atom stereocenters. The van der Waals surface area contributed by atoms with Gasteiger partial charge in [-0.15, -0.1) is 0 Å². The maximum atomic E-state index is 11.5. The fourth-order valence-electron chi connectivity index (χ4n) is 1.94. The van der Waals surface area contributed by atoms with Crippen LogP contribution in [0.1, 0.15) is 25.0 Å². The Kier molecular flexibility index (Phi) is 2.84. The highest BCUT2D eigenvalue weighted by molar-refractivity contribution is 9.09. The van der Waals surface area contributed by atoms with Gasteiger partial charge in [-0.1, -0.05) is 33.7 Å². The lowest BCUT2D eigenvalue weighted by Gasteiger charge is -2.40. The summed E-state index contributed by atoms with van der Waals surface area (Å²) in [6, 6.07) is 0. The zero-order chi connectivity index (χ0) is 10.2. The Labute approximate surface area is 96.1 Å². The highest BCUT2D eigenvalue weighted by atomic mass is 79.9. The number of aromatic nitrogens is 1. The van der Waals surface area contributed by atoms with E-state index in [-0.39, 0.29) is 4.87 Å². The summed E-state index contributed by atoms with van der Waals surface area (Å²) < 4.78 is 1.92. The van der Waals surface area contributed by atoms with Gasteiger partial charge in [0.1, 0.15) is 0 Å². The normalized spacial score (nSPS) is 19.3. The summed E-state index contributed by atoms with van der Waals surface area (Å²) in [5.41, 5.74) is 1.46. The Hall–Kier alpha value is -0.0900. The van der Waals surface area contributed by atoms with Gasteiger partial charge in [-0.2, -0.15) is 0 Å². The number of alkyl halides is 1. The van der Waals surface area contributed by atoms with Crippen LogP contribution in [-0.4, -0.2) is 9.90 Å². The summed E-state index contributed by atoms with van der Waals surface area (Å²) in [6.07, 6.45) is 3.81. The van der Waals surface area contributed by atoms with Crippen molar-refractivity contribution in [2.24, 2.45) is 5.41 Å². The quantitative estimate of drug-likeness (QED) is 0.778. The van der Waals surface area contributed by atoms with Crippen molar-refractivity contribution < 1.29 is 0 Å². The summed E-state index contributed by atoms with van der Waals surface area (Å²) in [5, 5.41) is 2.96. The van der Waals surface area contributed by atoms with Crippen LogP contribution < -0.4 is 4.87 Å². The number of hydrogen-bond donors (Lipinski definition) is 0. The zero-order valence-corrected chi connectivity index (χ0v) is 10.7. The summed E-state index contributed by atoms with van der Waals surface area (Å²) >= 11 is 4.88. The topological polar surface area (TPSA) is 22.0 Å². The van der Waals surface area contributed by atoms with Crippen LogP contribution in [0.25, 0.3) is 0 Å². The van der Waals surface area contributed by atoms with E-state index in [0.717, 1.165) is 17.6 Å². The van der Waals surface area contributed by atoms with Gasteiger partial charge in [-0.25, -0.2) is 0 Å². The molecule has 14 heavy (non-hydrogen) atoms. The summed E-state index contributed by atoms with van der Waals surface area (Å²) in [7, 11) is 0. The van der Waals surface area contributed by atoms with Gasteiger partial charge in [0, 0.05) is 22.9 Å². The van der Waals surface area contributed by atoms with Gasteiger partial charge < -0.3 is 4.57 Å². The number of halogens is 1. The minimum atomic E-state index is 0.190. The van der Waals surface area contributed by atoms with Crippen LogP contribution in [0.5, 0.6) is 0 Å². The fourth-order valence-corrected chi connectivity index (χ4v) is 3.41. The molecule has 2 rings (SSSR count). The molecular weight excluding hydrogens is 262 g/mol. The first-order chi connectivity index (χ1) is 6.67. The highest BCUT2D eigenvalue weighted by Crippen LogP contribution is 2.43. The smallest absolute Gasteiger partial charge is 0.303 e. The molecule has 1 aromatic heterocycles. The Balaban J connectivity index is 2.21. The molecular formula is C10H14BrNOS. The van der Waals surface area contributed by atoms with Crippen LogP contribution in [0.2, 0.25) is 0 Å². The van der Waals surface area contributed by atoms with Crippen molar-refractivity contribution >= 4 is 27.3 Å². The van der Waals surface area contributed by atoms with E-state index in [4.69, 9.17) is 0 Å². The lowest BCUT2D eigenvalue weighted by Crippen LogP contribution is -2.38. The lowest BCUT2D eigenvalue weighted by molar-refractivity contribution is 0.138. The molecule has 1 aliphatic rings. The van der Waals surface area contributed by atoms with E-state index in [1.807, 2.05) is 16.9 Å². The van der Waals surface area contributed by atoms with Crippen LogP contribution in [0.3, 0.4) is 0 Å². The van der Waals surface area contributed by atoms with Gasteiger partial charge in [0.15, 0.2) is 0 Å². The van der Waals surface area contributed by atoms with Crippen molar-refractivity contribution in [1.29, 1.82) is 0 Å². The predicted molar refractivity (Wildman–Crippen MR) is 63.4 cm³/mol. The summed E-state index contributed by atoms with van der Waals surface area (Å²) in [4.78, 5) is 11.7. The van der Waals surface area contributed by atoms with E-state index >= 15 is 0 Å². The predicted octanol–water partition coefficient (Wildman–Crippen LogP) is 2.78. The molecule has 0 atom stereocenters. The summed E-state index contributed by atoms with van der Waals surface area (Å²) in [5.74, 6) is 0. The molecule has 78 valence electrons. The highest BCUT2D eigenvalue weighted by Gasteiger charge is 2.36.